The molecule has 0 saturated carbocycles. The molecule has 0 aliphatic carbocycles. The van der Waals surface area contributed by atoms with Gasteiger partial charge in [0, 0.05) is 36.3 Å². The number of thioether (sulfide) groups is 1. The molecule has 0 spiro atoms. The zero-order valence-corrected chi connectivity index (χ0v) is 21.6. The second-order valence-electron chi connectivity index (χ2n) is 10.1. The minimum atomic E-state index is -2.86. The maximum absolute atomic E-state index is 13.8. The van der Waals surface area contributed by atoms with Crippen molar-refractivity contribution in [3.05, 3.63) is 64.7 Å². The summed E-state index contributed by atoms with van der Waals surface area (Å²) in [6.45, 7) is 2.53. The number of hydrogen-bond donors (Lipinski definition) is 4. The molecule has 4 aliphatic rings. The SMILES string of the molecule is Cc1cc(Oc2ccccc2)ccc1N1C(=O)NC2=C(C(=O)N[C@H]3CNCC(F)(F)C3)SC3NCCC1C23. The van der Waals surface area contributed by atoms with Gasteiger partial charge in [0.1, 0.15) is 11.5 Å². The fraction of sp³-hybridized carbons (Fsp3) is 0.407. The van der Waals surface area contributed by atoms with E-state index in [2.05, 4.69) is 21.3 Å². The highest BCUT2D eigenvalue weighted by molar-refractivity contribution is 8.04. The Balaban J connectivity index is 1.24. The molecular weight excluding hydrogens is 512 g/mol. The molecule has 200 valence electrons. The average molecular weight is 542 g/mol. The van der Waals surface area contributed by atoms with Crippen LogP contribution in [0.1, 0.15) is 18.4 Å². The zero-order valence-electron chi connectivity index (χ0n) is 20.8. The van der Waals surface area contributed by atoms with Crippen LogP contribution in [0, 0.1) is 12.8 Å². The number of piperidine rings is 2. The molecule has 3 unspecified atom stereocenters. The molecule has 11 heteroatoms. The monoisotopic (exact) mass is 541 g/mol. The number of carbonyl (C=O) groups excluding carboxylic acids is 2. The number of amides is 3. The number of halogens is 2. The number of alkyl halides is 2. The number of hydrogen-bond acceptors (Lipinski definition) is 6. The summed E-state index contributed by atoms with van der Waals surface area (Å²) in [5.74, 6) is -2.00. The van der Waals surface area contributed by atoms with Crippen LogP contribution in [0.2, 0.25) is 0 Å². The molecule has 8 nitrogen and oxygen atoms in total. The number of aryl methyl sites for hydroxylation is 1. The van der Waals surface area contributed by atoms with E-state index >= 15 is 0 Å². The second-order valence-corrected chi connectivity index (χ2v) is 11.3. The summed E-state index contributed by atoms with van der Waals surface area (Å²) in [6, 6.07) is 14.0. The third kappa shape index (κ3) is 4.74. The zero-order chi connectivity index (χ0) is 26.4. The smallest absolute Gasteiger partial charge is 0.326 e. The highest BCUT2D eigenvalue weighted by Gasteiger charge is 2.52. The number of ether oxygens (including phenoxy) is 1. The predicted octanol–water partition coefficient (Wildman–Crippen LogP) is 3.69. The van der Waals surface area contributed by atoms with Crippen LogP contribution in [0.4, 0.5) is 19.3 Å². The number of rotatable bonds is 5. The number of carbonyl (C=O) groups is 2. The van der Waals surface area contributed by atoms with Gasteiger partial charge in [-0.25, -0.2) is 13.6 Å². The summed E-state index contributed by atoms with van der Waals surface area (Å²) in [5, 5.41) is 11.8. The lowest BCUT2D eigenvalue weighted by Crippen LogP contribution is -2.62. The first-order chi connectivity index (χ1) is 18.3. The summed E-state index contributed by atoms with van der Waals surface area (Å²) in [4.78, 5) is 28.9. The summed E-state index contributed by atoms with van der Waals surface area (Å²) < 4.78 is 33.6. The maximum Gasteiger partial charge on any atom is 0.326 e. The van der Waals surface area contributed by atoms with Gasteiger partial charge in [-0.05, 0) is 55.8 Å². The van der Waals surface area contributed by atoms with Crippen LogP contribution in [0.25, 0.3) is 0 Å². The van der Waals surface area contributed by atoms with Gasteiger partial charge >= 0.3 is 6.03 Å². The van der Waals surface area contributed by atoms with Gasteiger partial charge in [-0.2, -0.15) is 0 Å². The molecule has 6 rings (SSSR count). The van der Waals surface area contributed by atoms with Crippen molar-refractivity contribution in [2.24, 2.45) is 5.92 Å². The van der Waals surface area contributed by atoms with Crippen LogP contribution in [-0.2, 0) is 4.79 Å². The number of urea groups is 1. The van der Waals surface area contributed by atoms with Crippen molar-refractivity contribution in [1.29, 1.82) is 0 Å². The highest BCUT2D eigenvalue weighted by Crippen LogP contribution is 2.48. The minimum Gasteiger partial charge on any atom is -0.457 e. The van der Waals surface area contributed by atoms with Gasteiger partial charge in [0.25, 0.3) is 11.8 Å². The Morgan fingerprint density at radius 1 is 1.18 bits per heavy atom. The van der Waals surface area contributed by atoms with Gasteiger partial charge in [-0.15, -0.1) is 0 Å². The first-order valence-corrected chi connectivity index (χ1v) is 13.6. The number of nitrogens with zero attached hydrogens (tertiary/aromatic N) is 1. The number of benzene rings is 2. The third-order valence-electron chi connectivity index (χ3n) is 7.41. The van der Waals surface area contributed by atoms with E-state index in [4.69, 9.17) is 4.74 Å². The molecule has 0 radical (unpaired) electrons. The Morgan fingerprint density at radius 3 is 2.76 bits per heavy atom. The molecule has 4 aliphatic heterocycles. The van der Waals surface area contributed by atoms with Crippen molar-refractivity contribution in [3.63, 3.8) is 0 Å². The molecule has 0 bridgehead atoms. The molecule has 38 heavy (non-hydrogen) atoms. The van der Waals surface area contributed by atoms with Crippen molar-refractivity contribution in [3.8, 4) is 11.5 Å². The van der Waals surface area contributed by atoms with Crippen LogP contribution in [-0.4, -0.2) is 55.0 Å². The molecular formula is C27H29F2N5O3S. The summed E-state index contributed by atoms with van der Waals surface area (Å²) in [6.07, 6.45) is 0.310. The van der Waals surface area contributed by atoms with Crippen molar-refractivity contribution in [2.75, 3.05) is 24.5 Å². The Morgan fingerprint density at radius 2 is 2.00 bits per heavy atom. The molecule has 0 aromatic heterocycles. The molecule has 2 aromatic rings. The van der Waals surface area contributed by atoms with Crippen LogP contribution in [0.5, 0.6) is 11.5 Å². The van der Waals surface area contributed by atoms with Crippen LogP contribution >= 0.6 is 11.8 Å². The molecule has 3 amide bonds. The third-order valence-corrected chi connectivity index (χ3v) is 8.76. The lowest BCUT2D eigenvalue weighted by Gasteiger charge is -2.46. The highest BCUT2D eigenvalue weighted by atomic mass is 32.2. The molecule has 4 N–H and O–H groups in total. The standard InChI is InChI=1S/C27H29F2N5O3S/c1-15-11-18(37-17-5-3-2-4-6-17)7-8-19(15)34-20-9-10-31-25-21(20)22(33-26(34)36)23(38-25)24(35)32-16-12-27(28,29)14-30-13-16/h2-8,11,16,20-21,25,30-31H,9-10,12-14H2,1H3,(H,32,35)(H,33,36)/t16-,20?,21?,25?/m1/s1. The van der Waals surface area contributed by atoms with Crippen molar-refractivity contribution in [1.82, 2.24) is 21.3 Å². The summed E-state index contributed by atoms with van der Waals surface area (Å²) >= 11 is 1.36. The molecule has 4 atom stereocenters. The maximum atomic E-state index is 13.8. The van der Waals surface area contributed by atoms with E-state index < -0.39 is 24.3 Å². The van der Waals surface area contributed by atoms with E-state index in [0.717, 1.165) is 17.0 Å². The lowest BCUT2D eigenvalue weighted by molar-refractivity contribution is -0.118. The van der Waals surface area contributed by atoms with Gasteiger partial charge in [0.2, 0.25) is 0 Å². The predicted molar refractivity (Wildman–Crippen MR) is 141 cm³/mol. The van der Waals surface area contributed by atoms with Gasteiger partial charge < -0.3 is 26.0 Å². The van der Waals surface area contributed by atoms with Gasteiger partial charge in [0.15, 0.2) is 0 Å². The minimum absolute atomic E-state index is 0.0977. The molecule has 3 fully saturated rings. The fourth-order valence-electron chi connectivity index (χ4n) is 5.78. The van der Waals surface area contributed by atoms with E-state index in [1.807, 2.05) is 55.5 Å². The van der Waals surface area contributed by atoms with Crippen LogP contribution in [0.15, 0.2) is 59.1 Å². The van der Waals surface area contributed by atoms with Gasteiger partial charge in [0.05, 0.1) is 22.9 Å². The number of para-hydroxylation sites is 1. The van der Waals surface area contributed by atoms with Crippen molar-refractivity contribution >= 4 is 29.4 Å². The summed E-state index contributed by atoms with van der Waals surface area (Å²) in [7, 11) is 0. The lowest BCUT2D eigenvalue weighted by atomic mass is 9.86. The first kappa shape index (κ1) is 25.1. The average Bonchev–Trinajstić information content (AvgIpc) is 3.25. The van der Waals surface area contributed by atoms with E-state index in [-0.39, 0.29) is 36.5 Å². The largest absolute Gasteiger partial charge is 0.457 e. The Hall–Kier alpha value is -3.15. The van der Waals surface area contributed by atoms with Crippen molar-refractivity contribution in [2.45, 2.75) is 43.1 Å². The number of anilines is 1. The molecule has 4 heterocycles. The van der Waals surface area contributed by atoms with E-state index in [1.54, 1.807) is 4.90 Å². The first-order valence-electron chi connectivity index (χ1n) is 12.8. The molecule has 3 saturated heterocycles. The van der Waals surface area contributed by atoms with Crippen LogP contribution in [0.3, 0.4) is 0 Å². The Labute approximate surface area is 223 Å². The molecule has 2 aromatic carbocycles. The normalized spacial score (nSPS) is 28.0. The Kier molecular flexibility index (Phi) is 6.53. The summed E-state index contributed by atoms with van der Waals surface area (Å²) in [5.41, 5.74) is 2.25. The van der Waals surface area contributed by atoms with Crippen molar-refractivity contribution < 1.29 is 23.1 Å². The topological polar surface area (TPSA) is 94.7 Å². The van der Waals surface area contributed by atoms with E-state index in [1.165, 1.54) is 11.8 Å². The van der Waals surface area contributed by atoms with Gasteiger partial charge in [-0.1, -0.05) is 30.0 Å². The Bertz CT molecular complexity index is 1290. The second kappa shape index (κ2) is 9.87. The quantitative estimate of drug-likeness (QED) is 0.462. The fourth-order valence-corrected chi connectivity index (χ4v) is 7.17. The van der Waals surface area contributed by atoms with Crippen LogP contribution < -0.4 is 30.9 Å². The van der Waals surface area contributed by atoms with E-state index in [0.29, 0.717) is 29.3 Å². The van der Waals surface area contributed by atoms with Gasteiger partial charge in [-0.3, -0.25) is 9.69 Å². The van der Waals surface area contributed by atoms with E-state index in [9.17, 15) is 18.4 Å². The number of nitrogens with one attached hydrogen (secondary N) is 4.